The summed E-state index contributed by atoms with van der Waals surface area (Å²) >= 11 is 4.63. The zero-order valence-electron chi connectivity index (χ0n) is 4.88. The number of rotatable bonds is 0. The second-order valence-corrected chi connectivity index (χ2v) is 2.23. The number of hydrogen-bond donors (Lipinski definition) is 0. The molecule has 0 bridgehead atoms. The minimum absolute atomic E-state index is 0.127. The fourth-order valence-corrected chi connectivity index (χ4v) is 0.827. The van der Waals surface area contributed by atoms with Crippen molar-refractivity contribution in [2.75, 3.05) is 0 Å². The van der Waals surface area contributed by atoms with Crippen molar-refractivity contribution in [3.8, 4) is 0 Å². The summed E-state index contributed by atoms with van der Waals surface area (Å²) in [6.45, 7) is 3.87. The van der Waals surface area contributed by atoms with Crippen molar-refractivity contribution < 1.29 is 9.47 Å². The molecule has 0 aromatic heterocycles. The van der Waals surface area contributed by atoms with E-state index in [1.807, 2.05) is 13.8 Å². The van der Waals surface area contributed by atoms with Gasteiger partial charge in [-0.3, -0.25) is 0 Å². The lowest BCUT2D eigenvalue weighted by Gasteiger charge is -2.01. The van der Waals surface area contributed by atoms with Crippen LogP contribution in [-0.2, 0) is 9.47 Å². The van der Waals surface area contributed by atoms with Crippen molar-refractivity contribution in [2.45, 2.75) is 26.1 Å². The molecular weight excluding hydrogens is 124 g/mol. The van der Waals surface area contributed by atoms with Gasteiger partial charge >= 0.3 is 5.24 Å². The van der Waals surface area contributed by atoms with E-state index >= 15 is 0 Å². The Labute approximate surface area is 53.8 Å². The minimum atomic E-state index is 0.127. The van der Waals surface area contributed by atoms with Crippen LogP contribution < -0.4 is 0 Å². The first-order chi connectivity index (χ1) is 3.70. The van der Waals surface area contributed by atoms with Crippen molar-refractivity contribution in [1.29, 1.82) is 0 Å². The van der Waals surface area contributed by atoms with Gasteiger partial charge in [-0.15, -0.1) is 0 Å². The molecule has 2 atom stereocenters. The van der Waals surface area contributed by atoms with E-state index in [9.17, 15) is 0 Å². The zero-order valence-corrected chi connectivity index (χ0v) is 5.70. The highest BCUT2D eigenvalue weighted by Gasteiger charge is 2.25. The highest BCUT2D eigenvalue weighted by molar-refractivity contribution is 7.79. The molecule has 1 aliphatic heterocycles. The van der Waals surface area contributed by atoms with Crippen LogP contribution in [0.15, 0.2) is 0 Å². The van der Waals surface area contributed by atoms with Gasteiger partial charge in [0.2, 0.25) is 0 Å². The van der Waals surface area contributed by atoms with E-state index in [4.69, 9.17) is 9.47 Å². The van der Waals surface area contributed by atoms with Crippen LogP contribution >= 0.6 is 12.2 Å². The Balaban J connectivity index is 2.51. The first-order valence-electron chi connectivity index (χ1n) is 2.57. The Morgan fingerprint density at radius 3 is 1.75 bits per heavy atom. The highest BCUT2D eigenvalue weighted by atomic mass is 32.1. The van der Waals surface area contributed by atoms with Crippen LogP contribution in [0, 0.1) is 0 Å². The second kappa shape index (κ2) is 1.90. The van der Waals surface area contributed by atoms with Gasteiger partial charge in [-0.2, -0.15) is 0 Å². The van der Waals surface area contributed by atoms with Gasteiger partial charge in [0.15, 0.2) is 0 Å². The summed E-state index contributed by atoms with van der Waals surface area (Å²) in [5, 5.41) is 0.282. The molecule has 0 aliphatic carbocycles. The van der Waals surface area contributed by atoms with Crippen LogP contribution in [0.4, 0.5) is 0 Å². The number of thiocarbonyl (C=S) groups is 1. The molecular formula is C5H8O2S. The van der Waals surface area contributed by atoms with E-state index in [1.54, 1.807) is 0 Å². The number of hydrogen-bond acceptors (Lipinski definition) is 3. The number of ether oxygens (including phenoxy) is 2. The first kappa shape index (κ1) is 5.82. The lowest BCUT2D eigenvalue weighted by atomic mass is 10.3. The van der Waals surface area contributed by atoms with E-state index in [-0.39, 0.29) is 17.4 Å². The largest absolute Gasteiger partial charge is 0.450 e. The fourth-order valence-electron chi connectivity index (χ4n) is 0.523. The maximum Gasteiger partial charge on any atom is 0.353 e. The van der Waals surface area contributed by atoms with Crippen molar-refractivity contribution in [2.24, 2.45) is 0 Å². The molecule has 1 fully saturated rings. The SMILES string of the molecule is C[C@@H]1OC(=S)O[C@H]1C. The fraction of sp³-hybridized carbons (Fsp3) is 0.800. The van der Waals surface area contributed by atoms with Crippen molar-refractivity contribution in [3.05, 3.63) is 0 Å². The second-order valence-electron chi connectivity index (χ2n) is 1.90. The van der Waals surface area contributed by atoms with Gasteiger partial charge < -0.3 is 9.47 Å². The van der Waals surface area contributed by atoms with Gasteiger partial charge in [0, 0.05) is 12.2 Å². The van der Waals surface area contributed by atoms with E-state index in [1.165, 1.54) is 0 Å². The Kier molecular flexibility index (Phi) is 1.38. The molecule has 1 aliphatic rings. The maximum absolute atomic E-state index is 4.98. The van der Waals surface area contributed by atoms with Gasteiger partial charge in [-0.05, 0) is 13.8 Å². The summed E-state index contributed by atoms with van der Waals surface area (Å²) in [6.07, 6.45) is 0.255. The maximum atomic E-state index is 4.98. The van der Waals surface area contributed by atoms with E-state index in [0.29, 0.717) is 0 Å². The molecule has 0 aromatic rings. The summed E-state index contributed by atoms with van der Waals surface area (Å²) in [5.41, 5.74) is 0. The third kappa shape index (κ3) is 0.916. The van der Waals surface area contributed by atoms with Crippen molar-refractivity contribution >= 4 is 17.5 Å². The summed E-state index contributed by atoms with van der Waals surface area (Å²) in [7, 11) is 0. The van der Waals surface area contributed by atoms with Gasteiger partial charge in [0.05, 0.1) is 0 Å². The van der Waals surface area contributed by atoms with Crippen molar-refractivity contribution in [1.82, 2.24) is 0 Å². The summed E-state index contributed by atoms with van der Waals surface area (Å²) in [5.74, 6) is 0. The molecule has 0 radical (unpaired) electrons. The summed E-state index contributed by atoms with van der Waals surface area (Å²) in [6, 6.07) is 0. The van der Waals surface area contributed by atoms with E-state index in [0.717, 1.165) is 0 Å². The normalized spacial score (nSPS) is 36.5. The Bertz CT molecular complexity index is 101. The molecule has 0 N–H and O–H groups in total. The molecule has 8 heavy (non-hydrogen) atoms. The average Bonchev–Trinajstić information content (AvgIpc) is 1.85. The Morgan fingerprint density at radius 2 is 1.62 bits per heavy atom. The molecule has 0 spiro atoms. The predicted octanol–water partition coefficient (Wildman–Crippen LogP) is 1.10. The predicted molar refractivity (Wildman–Crippen MR) is 33.7 cm³/mol. The van der Waals surface area contributed by atoms with Gasteiger partial charge in [-0.25, -0.2) is 0 Å². The molecule has 0 aromatic carbocycles. The highest BCUT2D eigenvalue weighted by Crippen LogP contribution is 2.13. The lowest BCUT2D eigenvalue weighted by molar-refractivity contribution is 0.187. The van der Waals surface area contributed by atoms with Gasteiger partial charge in [0.25, 0.3) is 0 Å². The third-order valence-corrected chi connectivity index (χ3v) is 1.42. The van der Waals surface area contributed by atoms with Crippen molar-refractivity contribution in [3.63, 3.8) is 0 Å². The smallest absolute Gasteiger partial charge is 0.353 e. The molecule has 46 valence electrons. The summed E-state index contributed by atoms with van der Waals surface area (Å²) < 4.78 is 9.97. The molecule has 1 heterocycles. The van der Waals surface area contributed by atoms with Crippen LogP contribution in [0.2, 0.25) is 0 Å². The minimum Gasteiger partial charge on any atom is -0.450 e. The van der Waals surface area contributed by atoms with Crippen LogP contribution in [0.5, 0.6) is 0 Å². The zero-order chi connectivity index (χ0) is 6.15. The van der Waals surface area contributed by atoms with Crippen LogP contribution in [0.3, 0.4) is 0 Å². The molecule has 1 rings (SSSR count). The lowest BCUT2D eigenvalue weighted by Crippen LogP contribution is -2.13. The van der Waals surface area contributed by atoms with Gasteiger partial charge in [0.1, 0.15) is 12.2 Å². The standard InChI is InChI=1S/C5H8O2S/c1-3-4(2)7-5(8)6-3/h3-4H,1-2H3/t3-,4-/m0/s1. The van der Waals surface area contributed by atoms with Crippen LogP contribution in [0.1, 0.15) is 13.8 Å². The quantitative estimate of drug-likeness (QED) is 0.460. The van der Waals surface area contributed by atoms with E-state index < -0.39 is 0 Å². The average molecular weight is 132 g/mol. The monoisotopic (exact) mass is 132 g/mol. The molecule has 1 saturated heterocycles. The van der Waals surface area contributed by atoms with E-state index in [2.05, 4.69) is 12.2 Å². The van der Waals surface area contributed by atoms with Gasteiger partial charge in [-0.1, -0.05) is 0 Å². The third-order valence-electron chi connectivity index (χ3n) is 1.23. The molecule has 2 nitrogen and oxygen atoms in total. The first-order valence-corrected chi connectivity index (χ1v) is 2.98. The van der Waals surface area contributed by atoms with Crippen LogP contribution in [0.25, 0.3) is 0 Å². The topological polar surface area (TPSA) is 18.5 Å². The molecule has 3 heteroatoms. The molecule has 0 saturated carbocycles. The Hall–Kier alpha value is -0.310. The Morgan fingerprint density at radius 1 is 1.25 bits per heavy atom. The molecule has 0 amide bonds. The summed E-state index contributed by atoms with van der Waals surface area (Å²) in [4.78, 5) is 0. The molecule has 0 unspecified atom stereocenters. The van der Waals surface area contributed by atoms with Crippen LogP contribution in [-0.4, -0.2) is 17.4 Å².